The minimum atomic E-state index is -5.10. The highest BCUT2D eigenvalue weighted by atomic mass is 19.4. The second kappa shape index (κ2) is 11.8. The number of hydrogen-bond acceptors (Lipinski definition) is 3. The van der Waals surface area contributed by atoms with Crippen LogP contribution in [0.25, 0.3) is 0 Å². The Morgan fingerprint density at radius 1 is 0.976 bits per heavy atom. The highest BCUT2D eigenvalue weighted by molar-refractivity contribution is 5.96. The maximum absolute atomic E-state index is 14.0. The molecule has 1 fully saturated rings. The molecule has 4 rings (SSSR count). The Morgan fingerprint density at radius 2 is 1.66 bits per heavy atom. The number of aryl methyl sites for hydroxylation is 1. The van der Waals surface area contributed by atoms with Gasteiger partial charge >= 0.3 is 18.3 Å². The molecule has 3 atom stereocenters. The third-order valence-electron chi connectivity index (χ3n) is 7.08. The second-order valence-electron chi connectivity index (χ2n) is 10.1. The summed E-state index contributed by atoms with van der Waals surface area (Å²) in [6.45, 7) is 1.84. The number of alkyl halides is 6. The number of carboxylic acid groups (broad SMARTS) is 1. The van der Waals surface area contributed by atoms with Crippen LogP contribution in [0.5, 0.6) is 5.75 Å². The van der Waals surface area contributed by atoms with Gasteiger partial charge in [-0.25, -0.2) is 0 Å². The van der Waals surface area contributed by atoms with Crippen LogP contribution in [-0.2, 0) is 30.2 Å². The topological polar surface area (TPSA) is 75.6 Å². The molecule has 218 valence electrons. The van der Waals surface area contributed by atoms with Gasteiger partial charge in [-0.1, -0.05) is 43.3 Å². The Morgan fingerprint density at radius 3 is 2.24 bits per heavy atom. The predicted molar refractivity (Wildman–Crippen MR) is 137 cm³/mol. The molecule has 1 aliphatic carbocycles. The summed E-state index contributed by atoms with van der Waals surface area (Å²) in [6, 6.07) is 13.8. The number of carboxylic acids is 1. The first kappa shape index (κ1) is 30.0. The van der Waals surface area contributed by atoms with Gasteiger partial charge in [0, 0.05) is 12.0 Å². The van der Waals surface area contributed by atoms with Crippen molar-refractivity contribution in [3.05, 3.63) is 100 Å². The first-order valence-electron chi connectivity index (χ1n) is 12.8. The third-order valence-corrected chi connectivity index (χ3v) is 7.08. The van der Waals surface area contributed by atoms with Crippen LogP contribution in [0.15, 0.2) is 66.7 Å². The standard InChI is InChI=1S/C30H27F6NO4/c1-17-13-23(17)27(22-11-10-20(29(31,32)33)15-25(22)30(34,35)36)37-28(40)24-14-18(7-8-19(24)9-12-26(38)39)16-41-21-5-3-2-4-6-21/h2-8,10-11,14-15,17,23,27H,9,12-13,16H2,1H3,(H,37,40)(H,38,39). The summed E-state index contributed by atoms with van der Waals surface area (Å²) in [4.78, 5) is 24.8. The lowest BCUT2D eigenvalue weighted by molar-refractivity contribution is -0.143. The minimum absolute atomic E-state index is 0.0174. The molecule has 41 heavy (non-hydrogen) atoms. The van der Waals surface area contributed by atoms with Crippen LogP contribution in [0, 0.1) is 11.8 Å². The van der Waals surface area contributed by atoms with Crippen LogP contribution >= 0.6 is 0 Å². The summed E-state index contributed by atoms with van der Waals surface area (Å²) in [6.07, 6.45) is -9.92. The Balaban J connectivity index is 1.68. The summed E-state index contributed by atoms with van der Waals surface area (Å²) in [5, 5.41) is 11.8. The molecule has 1 amide bonds. The summed E-state index contributed by atoms with van der Waals surface area (Å²) in [5.41, 5.74) is -2.39. The summed E-state index contributed by atoms with van der Waals surface area (Å²) in [7, 11) is 0. The van der Waals surface area contributed by atoms with Gasteiger partial charge in [0.1, 0.15) is 12.4 Å². The van der Waals surface area contributed by atoms with Crippen molar-refractivity contribution in [2.75, 3.05) is 0 Å². The fourth-order valence-electron chi connectivity index (χ4n) is 4.77. The Bertz CT molecular complexity index is 1400. The fourth-order valence-corrected chi connectivity index (χ4v) is 4.77. The number of carbonyl (C=O) groups excluding carboxylic acids is 1. The molecule has 3 unspecified atom stereocenters. The van der Waals surface area contributed by atoms with E-state index in [4.69, 9.17) is 9.84 Å². The molecule has 0 spiro atoms. The molecular formula is C30H27F6NO4. The summed E-state index contributed by atoms with van der Waals surface area (Å²) < 4.78 is 87.4. The monoisotopic (exact) mass is 579 g/mol. The average molecular weight is 580 g/mol. The van der Waals surface area contributed by atoms with Gasteiger partial charge in [-0.15, -0.1) is 0 Å². The molecule has 3 aromatic carbocycles. The lowest BCUT2D eigenvalue weighted by atomic mass is 9.92. The summed E-state index contributed by atoms with van der Waals surface area (Å²) >= 11 is 0. The van der Waals surface area contributed by atoms with Crippen molar-refractivity contribution >= 4 is 11.9 Å². The van der Waals surface area contributed by atoms with E-state index in [2.05, 4.69) is 5.32 Å². The van der Waals surface area contributed by atoms with Gasteiger partial charge in [-0.2, -0.15) is 26.3 Å². The highest BCUT2D eigenvalue weighted by Crippen LogP contribution is 2.50. The van der Waals surface area contributed by atoms with Crippen LogP contribution in [-0.4, -0.2) is 17.0 Å². The van der Waals surface area contributed by atoms with Gasteiger partial charge in [0.15, 0.2) is 0 Å². The van der Waals surface area contributed by atoms with Crippen molar-refractivity contribution in [3.8, 4) is 5.75 Å². The van der Waals surface area contributed by atoms with E-state index in [1.807, 2.05) is 6.07 Å². The predicted octanol–water partition coefficient (Wildman–Crippen LogP) is 7.45. The number of para-hydroxylation sites is 1. The van der Waals surface area contributed by atoms with Crippen LogP contribution < -0.4 is 10.1 Å². The number of amides is 1. The van der Waals surface area contributed by atoms with Crippen molar-refractivity contribution in [3.63, 3.8) is 0 Å². The summed E-state index contributed by atoms with van der Waals surface area (Å²) in [5.74, 6) is -1.79. The molecule has 11 heteroatoms. The minimum Gasteiger partial charge on any atom is -0.489 e. The van der Waals surface area contributed by atoms with Crippen LogP contribution in [0.3, 0.4) is 0 Å². The molecule has 2 N–H and O–H groups in total. The number of carbonyl (C=O) groups is 2. The molecule has 1 saturated carbocycles. The number of benzene rings is 3. The number of nitrogens with one attached hydrogen (secondary N) is 1. The second-order valence-corrected chi connectivity index (χ2v) is 10.1. The smallest absolute Gasteiger partial charge is 0.416 e. The number of hydrogen-bond donors (Lipinski definition) is 2. The van der Waals surface area contributed by atoms with E-state index in [1.54, 1.807) is 43.3 Å². The zero-order chi connectivity index (χ0) is 29.9. The lowest BCUT2D eigenvalue weighted by Crippen LogP contribution is -2.33. The Labute approximate surface area is 232 Å². The van der Waals surface area contributed by atoms with Crippen molar-refractivity contribution in [2.24, 2.45) is 11.8 Å². The Kier molecular flexibility index (Phi) is 8.65. The molecule has 0 aliphatic heterocycles. The van der Waals surface area contributed by atoms with Crippen molar-refractivity contribution in [2.45, 2.75) is 51.2 Å². The highest BCUT2D eigenvalue weighted by Gasteiger charge is 2.46. The number of halogens is 6. The molecule has 0 radical (unpaired) electrons. The SMILES string of the molecule is CC1CC1C(NC(=O)c1cc(COc2ccccc2)ccc1CCC(=O)O)c1ccc(C(F)(F)F)cc1C(F)(F)F. The lowest BCUT2D eigenvalue weighted by Gasteiger charge is -2.25. The van der Waals surface area contributed by atoms with Gasteiger partial charge < -0.3 is 15.2 Å². The molecule has 0 bridgehead atoms. The molecule has 5 nitrogen and oxygen atoms in total. The van der Waals surface area contributed by atoms with E-state index >= 15 is 0 Å². The number of rotatable bonds is 10. The first-order valence-corrected chi connectivity index (χ1v) is 12.8. The molecule has 1 aliphatic rings. The molecular weight excluding hydrogens is 552 g/mol. The first-order chi connectivity index (χ1) is 19.2. The zero-order valence-corrected chi connectivity index (χ0v) is 21.9. The van der Waals surface area contributed by atoms with E-state index in [0.717, 1.165) is 6.07 Å². The molecule has 0 heterocycles. The Hall–Kier alpha value is -4.02. The van der Waals surface area contributed by atoms with Gasteiger partial charge in [-0.05, 0) is 71.7 Å². The van der Waals surface area contributed by atoms with Crippen molar-refractivity contribution < 1.29 is 45.8 Å². The average Bonchev–Trinajstić information content (AvgIpc) is 3.64. The molecule has 0 saturated heterocycles. The number of ether oxygens (including phenoxy) is 1. The normalized spacial score (nSPS) is 17.5. The maximum atomic E-state index is 14.0. The van der Waals surface area contributed by atoms with Crippen LogP contribution in [0.2, 0.25) is 0 Å². The van der Waals surface area contributed by atoms with Gasteiger partial charge in [0.05, 0.1) is 17.2 Å². The van der Waals surface area contributed by atoms with Gasteiger partial charge in [-0.3, -0.25) is 9.59 Å². The van der Waals surface area contributed by atoms with E-state index in [9.17, 15) is 35.9 Å². The van der Waals surface area contributed by atoms with Crippen LogP contribution in [0.1, 0.15) is 64.0 Å². The van der Waals surface area contributed by atoms with Crippen molar-refractivity contribution in [1.29, 1.82) is 0 Å². The van der Waals surface area contributed by atoms with E-state index in [1.165, 1.54) is 6.07 Å². The van der Waals surface area contributed by atoms with Crippen molar-refractivity contribution in [1.82, 2.24) is 5.32 Å². The maximum Gasteiger partial charge on any atom is 0.416 e. The largest absolute Gasteiger partial charge is 0.489 e. The van der Waals surface area contributed by atoms with E-state index < -0.39 is 52.9 Å². The number of aliphatic carboxylic acids is 1. The van der Waals surface area contributed by atoms with Crippen LogP contribution in [0.4, 0.5) is 26.3 Å². The van der Waals surface area contributed by atoms with Gasteiger partial charge in [0.2, 0.25) is 0 Å². The third kappa shape index (κ3) is 7.59. The quantitative estimate of drug-likeness (QED) is 0.245. The van der Waals surface area contributed by atoms with Gasteiger partial charge in [0.25, 0.3) is 5.91 Å². The molecule has 0 aromatic heterocycles. The van der Waals surface area contributed by atoms with E-state index in [-0.39, 0.29) is 37.0 Å². The zero-order valence-electron chi connectivity index (χ0n) is 21.9. The fraction of sp³-hybridized carbons (Fsp3) is 0.333. The van der Waals surface area contributed by atoms with E-state index in [0.29, 0.717) is 29.4 Å². The molecule has 3 aromatic rings.